The molecular weight excluding hydrogens is 250 g/mol. The second-order valence-corrected chi connectivity index (χ2v) is 5.24. The molecule has 2 aliphatic rings. The Balaban J connectivity index is 1.90. The van der Waals surface area contributed by atoms with E-state index in [9.17, 15) is 5.11 Å². The first-order valence-corrected chi connectivity index (χ1v) is 6.82. The van der Waals surface area contributed by atoms with Crippen LogP contribution < -0.4 is 0 Å². The van der Waals surface area contributed by atoms with Crippen molar-refractivity contribution >= 4 is 5.84 Å². The summed E-state index contributed by atoms with van der Waals surface area (Å²) < 4.78 is 0. The van der Waals surface area contributed by atoms with Gasteiger partial charge in [0.2, 0.25) is 0 Å². The minimum atomic E-state index is -1.02. The van der Waals surface area contributed by atoms with Gasteiger partial charge in [-0.2, -0.15) is 0 Å². The fourth-order valence-corrected chi connectivity index (χ4v) is 3.17. The van der Waals surface area contributed by atoms with E-state index in [-0.39, 0.29) is 0 Å². The van der Waals surface area contributed by atoms with E-state index in [1.807, 2.05) is 29.2 Å². The van der Waals surface area contributed by atoms with Crippen molar-refractivity contribution in [3.63, 3.8) is 0 Å². The first kappa shape index (κ1) is 11.6. The largest absolute Gasteiger partial charge is 0.366 e. The van der Waals surface area contributed by atoms with E-state index < -0.39 is 5.72 Å². The van der Waals surface area contributed by atoms with Crippen LogP contribution in [0.15, 0.2) is 53.8 Å². The molecule has 0 saturated carbocycles. The lowest BCUT2D eigenvalue weighted by atomic mass is 9.86. The van der Waals surface area contributed by atoms with Crippen LogP contribution in [-0.4, -0.2) is 33.9 Å². The maximum atomic E-state index is 11.3. The third kappa shape index (κ3) is 1.51. The summed E-state index contributed by atoms with van der Waals surface area (Å²) in [6.07, 6.45) is 4.02. The number of aliphatic imine (C=N–C) groups is 1. The summed E-state index contributed by atoms with van der Waals surface area (Å²) in [6.45, 7) is 1.49. The number of benzene rings is 1. The summed E-state index contributed by atoms with van der Waals surface area (Å²) in [7, 11) is 0. The van der Waals surface area contributed by atoms with Gasteiger partial charge in [-0.15, -0.1) is 0 Å². The molecule has 0 fully saturated rings. The van der Waals surface area contributed by atoms with Gasteiger partial charge < -0.3 is 10.0 Å². The quantitative estimate of drug-likeness (QED) is 0.851. The molecule has 3 heterocycles. The topological polar surface area (TPSA) is 48.7 Å². The summed E-state index contributed by atoms with van der Waals surface area (Å²) in [5.41, 5.74) is 2.14. The van der Waals surface area contributed by atoms with Crippen LogP contribution in [0.5, 0.6) is 0 Å². The molecule has 4 rings (SSSR count). The normalized spacial score (nSPS) is 24.1. The van der Waals surface area contributed by atoms with Gasteiger partial charge in [-0.3, -0.25) is 9.98 Å². The SMILES string of the molecule is OC1(c2ccncc2)Cc2ccccc2C2=NCCN21. The van der Waals surface area contributed by atoms with E-state index in [0.29, 0.717) is 6.42 Å². The van der Waals surface area contributed by atoms with Crippen molar-refractivity contribution in [3.05, 3.63) is 65.5 Å². The van der Waals surface area contributed by atoms with E-state index in [2.05, 4.69) is 22.1 Å². The first-order valence-electron chi connectivity index (χ1n) is 6.82. The second-order valence-electron chi connectivity index (χ2n) is 5.24. The van der Waals surface area contributed by atoms with Crippen molar-refractivity contribution in [2.45, 2.75) is 12.1 Å². The Hall–Kier alpha value is -2.20. The van der Waals surface area contributed by atoms with Crippen molar-refractivity contribution in [2.24, 2.45) is 4.99 Å². The molecular formula is C16H15N3O. The smallest absolute Gasteiger partial charge is 0.169 e. The van der Waals surface area contributed by atoms with E-state index in [1.165, 1.54) is 0 Å². The number of hydrogen-bond donors (Lipinski definition) is 1. The third-order valence-electron chi connectivity index (χ3n) is 4.13. The van der Waals surface area contributed by atoms with Crippen molar-refractivity contribution in [1.29, 1.82) is 0 Å². The summed E-state index contributed by atoms with van der Waals surface area (Å²) in [6, 6.07) is 11.9. The molecule has 0 spiro atoms. The van der Waals surface area contributed by atoms with Gasteiger partial charge in [0.05, 0.1) is 6.54 Å². The summed E-state index contributed by atoms with van der Waals surface area (Å²) in [4.78, 5) is 10.6. The van der Waals surface area contributed by atoms with Crippen LogP contribution >= 0.6 is 0 Å². The minimum Gasteiger partial charge on any atom is -0.366 e. The molecule has 4 heteroatoms. The highest BCUT2D eigenvalue weighted by Gasteiger charge is 2.44. The Morgan fingerprint density at radius 2 is 1.90 bits per heavy atom. The van der Waals surface area contributed by atoms with Gasteiger partial charge in [0.1, 0.15) is 5.84 Å². The highest BCUT2D eigenvalue weighted by molar-refractivity contribution is 6.02. The molecule has 1 aromatic heterocycles. The van der Waals surface area contributed by atoms with Crippen LogP contribution in [-0.2, 0) is 12.1 Å². The minimum absolute atomic E-state index is 0.576. The standard InChI is InChI=1S/C16H15N3O/c20-16(13-5-7-17-8-6-13)11-12-3-1-2-4-14(12)15-18-9-10-19(15)16/h1-8,20H,9-11H2. The molecule has 2 aliphatic heterocycles. The average molecular weight is 265 g/mol. The number of nitrogens with zero attached hydrogens (tertiary/aromatic N) is 3. The Morgan fingerprint density at radius 1 is 1.10 bits per heavy atom. The molecule has 1 N–H and O–H groups in total. The van der Waals surface area contributed by atoms with Gasteiger partial charge in [0.25, 0.3) is 0 Å². The molecule has 100 valence electrons. The Bertz CT molecular complexity index is 683. The van der Waals surface area contributed by atoms with Gasteiger partial charge >= 0.3 is 0 Å². The zero-order valence-corrected chi connectivity index (χ0v) is 11.0. The molecule has 2 aromatic rings. The van der Waals surface area contributed by atoms with Gasteiger partial charge in [-0.25, -0.2) is 0 Å². The molecule has 0 bridgehead atoms. The molecule has 0 saturated heterocycles. The lowest BCUT2D eigenvalue weighted by Crippen LogP contribution is -2.53. The lowest BCUT2D eigenvalue weighted by Gasteiger charge is -2.43. The predicted molar refractivity (Wildman–Crippen MR) is 76.4 cm³/mol. The molecule has 20 heavy (non-hydrogen) atoms. The van der Waals surface area contributed by atoms with E-state index in [1.54, 1.807) is 12.4 Å². The number of fused-ring (bicyclic) bond motifs is 3. The van der Waals surface area contributed by atoms with Crippen molar-refractivity contribution in [1.82, 2.24) is 9.88 Å². The van der Waals surface area contributed by atoms with E-state index >= 15 is 0 Å². The first-order chi connectivity index (χ1) is 9.79. The predicted octanol–water partition coefficient (Wildman–Crippen LogP) is 1.55. The number of hydrogen-bond acceptors (Lipinski definition) is 4. The highest BCUT2D eigenvalue weighted by atomic mass is 16.3. The number of rotatable bonds is 1. The molecule has 1 unspecified atom stereocenters. The maximum absolute atomic E-state index is 11.3. The molecule has 1 atom stereocenters. The summed E-state index contributed by atoms with van der Waals surface area (Å²) in [5.74, 6) is 0.908. The van der Waals surface area contributed by atoms with Crippen LogP contribution in [0, 0.1) is 0 Å². The summed E-state index contributed by atoms with van der Waals surface area (Å²) >= 11 is 0. The number of aromatic nitrogens is 1. The van der Waals surface area contributed by atoms with Gasteiger partial charge in [0.15, 0.2) is 5.72 Å². The van der Waals surface area contributed by atoms with Crippen LogP contribution in [0.1, 0.15) is 16.7 Å². The van der Waals surface area contributed by atoms with Crippen molar-refractivity contribution < 1.29 is 5.11 Å². The fourth-order valence-electron chi connectivity index (χ4n) is 3.17. The number of pyridine rings is 1. The second kappa shape index (κ2) is 4.15. The zero-order valence-electron chi connectivity index (χ0n) is 11.0. The monoisotopic (exact) mass is 265 g/mol. The lowest BCUT2D eigenvalue weighted by molar-refractivity contribution is -0.0745. The third-order valence-corrected chi connectivity index (χ3v) is 4.13. The number of aliphatic hydroxyl groups is 1. The number of amidine groups is 1. The molecule has 1 aromatic carbocycles. The van der Waals surface area contributed by atoms with Crippen molar-refractivity contribution in [3.8, 4) is 0 Å². The zero-order chi connectivity index (χ0) is 13.6. The van der Waals surface area contributed by atoms with E-state index in [0.717, 1.165) is 35.6 Å². The molecule has 0 amide bonds. The van der Waals surface area contributed by atoms with Crippen molar-refractivity contribution in [2.75, 3.05) is 13.1 Å². The van der Waals surface area contributed by atoms with Gasteiger partial charge in [-0.1, -0.05) is 24.3 Å². The molecule has 0 radical (unpaired) electrons. The van der Waals surface area contributed by atoms with E-state index in [4.69, 9.17) is 0 Å². The van der Waals surface area contributed by atoms with Crippen LogP contribution in [0.25, 0.3) is 0 Å². The molecule has 4 nitrogen and oxygen atoms in total. The van der Waals surface area contributed by atoms with Crippen LogP contribution in [0.2, 0.25) is 0 Å². The Morgan fingerprint density at radius 3 is 2.75 bits per heavy atom. The fraction of sp³-hybridized carbons (Fsp3) is 0.250. The Kier molecular flexibility index (Phi) is 2.41. The average Bonchev–Trinajstić information content (AvgIpc) is 2.99. The van der Waals surface area contributed by atoms with Crippen LogP contribution in [0.4, 0.5) is 0 Å². The molecule has 0 aliphatic carbocycles. The maximum Gasteiger partial charge on any atom is 0.169 e. The van der Waals surface area contributed by atoms with Crippen LogP contribution in [0.3, 0.4) is 0 Å². The summed E-state index contributed by atoms with van der Waals surface area (Å²) in [5, 5.41) is 11.3. The highest BCUT2D eigenvalue weighted by Crippen LogP contribution is 2.38. The Labute approximate surface area is 117 Å². The van der Waals surface area contributed by atoms with Gasteiger partial charge in [-0.05, 0) is 17.7 Å². The van der Waals surface area contributed by atoms with Gasteiger partial charge in [0, 0.05) is 36.5 Å².